The van der Waals surface area contributed by atoms with Crippen molar-refractivity contribution in [3.8, 4) is 0 Å². The van der Waals surface area contributed by atoms with Crippen molar-refractivity contribution in [2.45, 2.75) is 57.2 Å². The van der Waals surface area contributed by atoms with E-state index < -0.39 is 7.14 Å². The van der Waals surface area contributed by atoms with Crippen molar-refractivity contribution in [3.05, 3.63) is 0 Å². The lowest BCUT2D eigenvalue weighted by Gasteiger charge is -2.36. The molecule has 4 heteroatoms. The molecule has 2 atom stereocenters. The summed E-state index contributed by atoms with van der Waals surface area (Å²) in [4.78, 5) is 2.62. The zero-order chi connectivity index (χ0) is 13.4. The maximum atomic E-state index is 12.1. The third-order valence-corrected chi connectivity index (χ3v) is 5.67. The van der Waals surface area contributed by atoms with E-state index in [1.165, 1.54) is 32.2 Å². The summed E-state index contributed by atoms with van der Waals surface area (Å²) in [6.45, 7) is 10.1. The van der Waals surface area contributed by atoms with Crippen LogP contribution in [0.5, 0.6) is 0 Å². The number of rotatable bonds is 5. The molecule has 2 heterocycles. The molecule has 0 aromatic heterocycles. The van der Waals surface area contributed by atoms with Crippen LogP contribution in [0.1, 0.15) is 39.5 Å². The second kappa shape index (κ2) is 5.26. The van der Waals surface area contributed by atoms with Gasteiger partial charge in [0.2, 0.25) is 0 Å². The molecule has 3 nitrogen and oxygen atoms in total. The fraction of sp³-hybridized carbons (Fsp3) is 1.00. The second-order valence-electron chi connectivity index (χ2n) is 6.83. The predicted octanol–water partition coefficient (Wildman–Crippen LogP) is 3.03. The van der Waals surface area contributed by atoms with Gasteiger partial charge in [-0.05, 0) is 59.4 Å². The van der Waals surface area contributed by atoms with Gasteiger partial charge in [-0.25, -0.2) is 0 Å². The molecule has 0 bridgehead atoms. The zero-order valence-corrected chi connectivity index (χ0v) is 13.2. The highest BCUT2D eigenvalue weighted by Gasteiger charge is 2.49. The number of hydrogen-bond acceptors (Lipinski definition) is 3. The molecule has 0 unspecified atom stereocenters. The number of hydrogen-bond donors (Lipinski definition) is 0. The smallest absolute Gasteiger partial charge is 0.0834 e. The van der Waals surface area contributed by atoms with Crippen molar-refractivity contribution in [1.82, 2.24) is 4.90 Å². The zero-order valence-electron chi connectivity index (χ0n) is 12.3. The van der Waals surface area contributed by atoms with Crippen LogP contribution in [0, 0.1) is 0 Å². The van der Waals surface area contributed by atoms with E-state index >= 15 is 0 Å². The fourth-order valence-electron chi connectivity index (χ4n) is 3.64. The Kier molecular flexibility index (Phi) is 4.26. The Morgan fingerprint density at radius 2 is 2.11 bits per heavy atom. The van der Waals surface area contributed by atoms with Crippen LogP contribution in [0.3, 0.4) is 0 Å². The van der Waals surface area contributed by atoms with Crippen LogP contribution in [0.2, 0.25) is 0 Å². The Labute approximate surface area is 112 Å². The molecular weight excluding hydrogens is 245 g/mol. The highest BCUT2D eigenvalue weighted by molar-refractivity contribution is 7.62. The van der Waals surface area contributed by atoms with Crippen LogP contribution in [-0.4, -0.2) is 55.2 Å². The van der Waals surface area contributed by atoms with Gasteiger partial charge in [0.15, 0.2) is 0 Å². The molecule has 2 aliphatic rings. The number of nitrogens with zero attached hydrogens (tertiary/aromatic N) is 1. The molecule has 0 aliphatic carbocycles. The van der Waals surface area contributed by atoms with Gasteiger partial charge in [-0.3, -0.25) is 4.90 Å². The van der Waals surface area contributed by atoms with Crippen LogP contribution in [0.25, 0.3) is 0 Å². The van der Waals surface area contributed by atoms with E-state index in [4.69, 9.17) is 4.74 Å². The van der Waals surface area contributed by atoms with Crippen LogP contribution in [0.4, 0.5) is 0 Å². The molecule has 2 aliphatic heterocycles. The average molecular weight is 273 g/mol. The maximum absolute atomic E-state index is 12.1. The molecule has 18 heavy (non-hydrogen) atoms. The molecule has 2 saturated heterocycles. The molecule has 2 rings (SSSR count). The standard InChI is InChI=1S/C14H28NO2P/c1-12(2)17-11-14-7-5-9-15(14)13(6-8-14)10-18(3,4)16/h12-13H,5-11H2,1-4H3/t13-,14-/m0/s1. The summed E-state index contributed by atoms with van der Waals surface area (Å²) in [6, 6.07) is 0.532. The van der Waals surface area contributed by atoms with E-state index in [0.29, 0.717) is 12.1 Å². The third kappa shape index (κ3) is 3.18. The van der Waals surface area contributed by atoms with E-state index in [0.717, 1.165) is 12.8 Å². The first-order valence-corrected chi connectivity index (χ1v) is 10.0. The van der Waals surface area contributed by atoms with Crippen LogP contribution >= 0.6 is 7.14 Å². The second-order valence-corrected chi connectivity index (χ2v) is 10.3. The molecule has 0 amide bonds. The first kappa shape index (κ1) is 14.6. The quantitative estimate of drug-likeness (QED) is 0.721. The normalized spacial score (nSPS) is 33.3. The molecule has 0 aromatic carbocycles. The van der Waals surface area contributed by atoms with Crippen molar-refractivity contribution < 1.29 is 9.30 Å². The lowest BCUT2D eigenvalue weighted by Crippen LogP contribution is -2.47. The largest absolute Gasteiger partial charge is 0.377 e. The molecular formula is C14H28NO2P. The Balaban J connectivity index is 2.02. The molecule has 0 radical (unpaired) electrons. The minimum atomic E-state index is -1.91. The minimum Gasteiger partial charge on any atom is -0.377 e. The lowest BCUT2D eigenvalue weighted by molar-refractivity contribution is -0.00331. The van der Waals surface area contributed by atoms with Crippen molar-refractivity contribution in [1.29, 1.82) is 0 Å². The van der Waals surface area contributed by atoms with E-state index in [-0.39, 0.29) is 5.54 Å². The first-order chi connectivity index (χ1) is 8.32. The van der Waals surface area contributed by atoms with Gasteiger partial charge in [0.25, 0.3) is 0 Å². The van der Waals surface area contributed by atoms with Gasteiger partial charge in [0.05, 0.1) is 19.9 Å². The summed E-state index contributed by atoms with van der Waals surface area (Å²) in [5, 5.41) is 0. The van der Waals surface area contributed by atoms with E-state index in [9.17, 15) is 4.57 Å². The van der Waals surface area contributed by atoms with Gasteiger partial charge in [-0.1, -0.05) is 0 Å². The molecule has 0 aromatic rings. The average Bonchev–Trinajstić information content (AvgIpc) is 2.75. The van der Waals surface area contributed by atoms with Crippen molar-refractivity contribution >= 4 is 7.14 Å². The number of ether oxygens (including phenoxy) is 1. The minimum absolute atomic E-state index is 0.268. The van der Waals surface area contributed by atoms with Gasteiger partial charge in [-0.15, -0.1) is 0 Å². The predicted molar refractivity (Wildman–Crippen MR) is 77.1 cm³/mol. The summed E-state index contributed by atoms with van der Waals surface area (Å²) in [5.74, 6) is 0. The molecule has 0 N–H and O–H groups in total. The van der Waals surface area contributed by atoms with Gasteiger partial charge < -0.3 is 9.30 Å². The monoisotopic (exact) mass is 273 g/mol. The molecule has 0 spiro atoms. The van der Waals surface area contributed by atoms with Crippen LogP contribution in [-0.2, 0) is 9.30 Å². The molecule has 106 valence electrons. The highest BCUT2D eigenvalue weighted by atomic mass is 31.2. The Hall–Kier alpha value is 0.150. The maximum Gasteiger partial charge on any atom is 0.0834 e. The van der Waals surface area contributed by atoms with Gasteiger partial charge in [-0.2, -0.15) is 0 Å². The summed E-state index contributed by atoms with van der Waals surface area (Å²) >= 11 is 0. The molecule has 2 fully saturated rings. The Morgan fingerprint density at radius 1 is 1.39 bits per heavy atom. The summed E-state index contributed by atoms with van der Waals surface area (Å²) in [7, 11) is -1.91. The highest BCUT2D eigenvalue weighted by Crippen LogP contribution is 2.47. The number of fused-ring (bicyclic) bond motifs is 1. The first-order valence-electron chi connectivity index (χ1n) is 7.25. The Bertz CT molecular complexity index is 339. The fourth-order valence-corrected chi connectivity index (χ4v) is 5.03. The van der Waals surface area contributed by atoms with E-state index in [1.807, 2.05) is 13.3 Å². The van der Waals surface area contributed by atoms with E-state index in [1.54, 1.807) is 0 Å². The van der Waals surface area contributed by atoms with Gasteiger partial charge in [0, 0.05) is 17.7 Å². The summed E-state index contributed by atoms with van der Waals surface area (Å²) < 4.78 is 18.0. The van der Waals surface area contributed by atoms with Crippen molar-refractivity contribution in [2.24, 2.45) is 0 Å². The van der Waals surface area contributed by atoms with Gasteiger partial charge in [0.1, 0.15) is 0 Å². The third-order valence-electron chi connectivity index (χ3n) is 4.37. The topological polar surface area (TPSA) is 29.5 Å². The van der Waals surface area contributed by atoms with Crippen LogP contribution < -0.4 is 0 Å². The SMILES string of the molecule is CC(C)OC[C@@]12CCCN1[C@H](CP(C)(C)=O)CC2. The lowest BCUT2D eigenvalue weighted by atomic mass is 9.95. The van der Waals surface area contributed by atoms with E-state index in [2.05, 4.69) is 18.7 Å². The van der Waals surface area contributed by atoms with Crippen molar-refractivity contribution in [2.75, 3.05) is 32.6 Å². The Morgan fingerprint density at radius 3 is 2.72 bits per heavy atom. The summed E-state index contributed by atoms with van der Waals surface area (Å²) in [5.41, 5.74) is 0.268. The van der Waals surface area contributed by atoms with Gasteiger partial charge >= 0.3 is 0 Å². The summed E-state index contributed by atoms with van der Waals surface area (Å²) in [6.07, 6.45) is 6.15. The molecule has 0 saturated carbocycles. The van der Waals surface area contributed by atoms with Crippen LogP contribution in [0.15, 0.2) is 0 Å². The van der Waals surface area contributed by atoms with Crippen molar-refractivity contribution in [3.63, 3.8) is 0 Å².